The smallest absolute Gasteiger partial charge is 0.126 e. The molecule has 0 radical (unpaired) electrons. The number of aryl methyl sites for hydroxylation is 1. The standard InChI is InChI=1S/C13H19N3S2/c1-9-6-10(12(14)17)7-11(16-9)15-8-13(18-2)4-3-5-13/h6-7H,3-5,8H2,1-2H3,(H2,14,17)(H,15,16). The number of hydrogen-bond acceptors (Lipinski definition) is 4. The Morgan fingerprint density at radius 1 is 1.56 bits per heavy atom. The quantitative estimate of drug-likeness (QED) is 0.813. The lowest BCUT2D eigenvalue weighted by molar-refractivity contribution is 0.379. The number of nitrogens with zero attached hydrogens (tertiary/aromatic N) is 1. The van der Waals surface area contributed by atoms with Crippen molar-refractivity contribution in [2.45, 2.75) is 30.9 Å². The molecule has 1 aromatic heterocycles. The van der Waals surface area contributed by atoms with E-state index in [9.17, 15) is 0 Å². The fourth-order valence-electron chi connectivity index (χ4n) is 2.18. The Kier molecular flexibility index (Phi) is 4.12. The first-order valence-corrected chi connectivity index (χ1v) is 7.75. The lowest BCUT2D eigenvalue weighted by Crippen LogP contribution is -2.40. The van der Waals surface area contributed by atoms with Crippen LogP contribution in [0.25, 0.3) is 0 Å². The van der Waals surface area contributed by atoms with Gasteiger partial charge in [-0.2, -0.15) is 11.8 Å². The number of pyridine rings is 1. The van der Waals surface area contributed by atoms with Crippen molar-refractivity contribution in [1.29, 1.82) is 0 Å². The number of hydrogen-bond donors (Lipinski definition) is 2. The van der Waals surface area contributed by atoms with Gasteiger partial charge in [0.15, 0.2) is 0 Å². The van der Waals surface area contributed by atoms with Crippen LogP contribution in [0.5, 0.6) is 0 Å². The summed E-state index contributed by atoms with van der Waals surface area (Å²) in [5, 5.41) is 3.43. The predicted molar refractivity (Wildman–Crippen MR) is 83.4 cm³/mol. The second kappa shape index (κ2) is 5.45. The Hall–Kier alpha value is -0.810. The van der Waals surface area contributed by atoms with Gasteiger partial charge in [-0.15, -0.1) is 0 Å². The van der Waals surface area contributed by atoms with Crippen LogP contribution in [-0.4, -0.2) is 27.5 Å². The Morgan fingerprint density at radius 2 is 2.28 bits per heavy atom. The average molecular weight is 281 g/mol. The topological polar surface area (TPSA) is 50.9 Å². The zero-order valence-corrected chi connectivity index (χ0v) is 12.5. The van der Waals surface area contributed by atoms with Crippen molar-refractivity contribution in [2.75, 3.05) is 18.1 Å². The zero-order chi connectivity index (χ0) is 13.2. The second-order valence-corrected chi connectivity index (χ2v) is 6.56. The van der Waals surface area contributed by atoms with Crippen molar-refractivity contribution in [2.24, 2.45) is 5.73 Å². The highest BCUT2D eigenvalue weighted by Crippen LogP contribution is 2.42. The molecule has 1 saturated carbocycles. The van der Waals surface area contributed by atoms with Gasteiger partial charge >= 0.3 is 0 Å². The maximum atomic E-state index is 5.67. The van der Waals surface area contributed by atoms with Gasteiger partial charge in [-0.3, -0.25) is 0 Å². The Morgan fingerprint density at radius 3 is 2.78 bits per heavy atom. The van der Waals surface area contributed by atoms with Gasteiger partial charge in [-0.25, -0.2) is 4.98 Å². The summed E-state index contributed by atoms with van der Waals surface area (Å²) in [5.74, 6) is 0.873. The molecule has 3 nitrogen and oxygen atoms in total. The Balaban J connectivity index is 2.07. The van der Waals surface area contributed by atoms with E-state index in [1.807, 2.05) is 30.8 Å². The third kappa shape index (κ3) is 2.95. The molecule has 0 amide bonds. The van der Waals surface area contributed by atoms with E-state index in [0.717, 1.165) is 23.6 Å². The molecule has 5 heteroatoms. The fraction of sp³-hybridized carbons (Fsp3) is 0.538. The van der Waals surface area contributed by atoms with Crippen LogP contribution < -0.4 is 11.1 Å². The van der Waals surface area contributed by atoms with E-state index in [2.05, 4.69) is 16.6 Å². The van der Waals surface area contributed by atoms with E-state index in [1.165, 1.54) is 19.3 Å². The van der Waals surface area contributed by atoms with Crippen molar-refractivity contribution < 1.29 is 0 Å². The molecule has 2 rings (SSSR count). The van der Waals surface area contributed by atoms with Crippen LogP contribution in [-0.2, 0) is 0 Å². The molecule has 1 aliphatic rings. The van der Waals surface area contributed by atoms with E-state index in [1.54, 1.807) is 0 Å². The number of nitrogens with two attached hydrogens (primary N) is 1. The molecule has 0 spiro atoms. The van der Waals surface area contributed by atoms with Crippen molar-refractivity contribution in [3.8, 4) is 0 Å². The number of thiocarbonyl (C=S) groups is 1. The average Bonchev–Trinajstić information content (AvgIpc) is 2.27. The third-order valence-corrected chi connectivity index (χ3v) is 5.18. The van der Waals surface area contributed by atoms with E-state index < -0.39 is 0 Å². The Labute approximate surface area is 118 Å². The van der Waals surface area contributed by atoms with E-state index in [0.29, 0.717) is 9.74 Å². The molecule has 1 fully saturated rings. The summed E-state index contributed by atoms with van der Waals surface area (Å²) in [5.41, 5.74) is 7.49. The first-order chi connectivity index (χ1) is 8.54. The minimum Gasteiger partial charge on any atom is -0.389 e. The SMILES string of the molecule is CSC1(CNc2cc(C(N)=S)cc(C)n2)CCC1. The molecule has 98 valence electrons. The van der Waals surface area contributed by atoms with Crippen LogP contribution >= 0.6 is 24.0 Å². The summed E-state index contributed by atoms with van der Waals surface area (Å²) in [6.07, 6.45) is 6.09. The molecule has 1 aliphatic carbocycles. The molecule has 18 heavy (non-hydrogen) atoms. The van der Waals surface area contributed by atoms with Crippen molar-refractivity contribution >= 4 is 34.8 Å². The normalized spacial score (nSPS) is 17.0. The van der Waals surface area contributed by atoms with Gasteiger partial charge in [0.25, 0.3) is 0 Å². The van der Waals surface area contributed by atoms with Gasteiger partial charge in [-0.05, 0) is 38.2 Å². The molecule has 0 aliphatic heterocycles. The minimum atomic E-state index is 0.398. The number of nitrogens with one attached hydrogen (secondary N) is 1. The van der Waals surface area contributed by atoms with E-state index in [4.69, 9.17) is 18.0 Å². The molecule has 0 bridgehead atoms. The monoisotopic (exact) mass is 281 g/mol. The highest BCUT2D eigenvalue weighted by molar-refractivity contribution is 8.00. The van der Waals surface area contributed by atoms with Gasteiger partial charge < -0.3 is 11.1 Å². The summed E-state index contributed by atoms with van der Waals surface area (Å²) in [7, 11) is 0. The zero-order valence-electron chi connectivity index (χ0n) is 10.8. The first kappa shape index (κ1) is 13.6. The molecule has 0 unspecified atom stereocenters. The van der Waals surface area contributed by atoms with Crippen molar-refractivity contribution in [3.05, 3.63) is 23.4 Å². The lowest BCUT2D eigenvalue weighted by Gasteiger charge is -2.40. The van der Waals surface area contributed by atoms with Crippen LogP contribution in [0.15, 0.2) is 12.1 Å². The molecular formula is C13H19N3S2. The molecule has 0 saturated heterocycles. The van der Waals surface area contributed by atoms with E-state index >= 15 is 0 Å². The van der Waals surface area contributed by atoms with Gasteiger partial charge in [0.05, 0.1) is 0 Å². The van der Waals surface area contributed by atoms with Crippen molar-refractivity contribution in [1.82, 2.24) is 4.98 Å². The summed E-state index contributed by atoms with van der Waals surface area (Å²) in [6, 6.07) is 3.85. The van der Waals surface area contributed by atoms with Crippen LogP contribution in [0.3, 0.4) is 0 Å². The third-order valence-electron chi connectivity index (χ3n) is 3.53. The lowest BCUT2D eigenvalue weighted by atomic mass is 9.84. The van der Waals surface area contributed by atoms with Crippen LogP contribution in [0.2, 0.25) is 0 Å². The molecule has 1 heterocycles. The largest absolute Gasteiger partial charge is 0.389 e. The highest BCUT2D eigenvalue weighted by atomic mass is 32.2. The van der Waals surface area contributed by atoms with E-state index in [-0.39, 0.29) is 0 Å². The van der Waals surface area contributed by atoms with Gasteiger partial charge in [0.1, 0.15) is 10.8 Å². The highest BCUT2D eigenvalue weighted by Gasteiger charge is 2.35. The molecular weight excluding hydrogens is 262 g/mol. The Bertz CT molecular complexity index is 450. The van der Waals surface area contributed by atoms with Gasteiger partial charge in [-0.1, -0.05) is 18.6 Å². The molecule has 3 N–H and O–H groups in total. The summed E-state index contributed by atoms with van der Waals surface area (Å²) >= 11 is 6.97. The van der Waals surface area contributed by atoms with Crippen LogP contribution in [0.1, 0.15) is 30.5 Å². The first-order valence-electron chi connectivity index (χ1n) is 6.12. The van der Waals surface area contributed by atoms with Crippen LogP contribution in [0, 0.1) is 6.92 Å². The van der Waals surface area contributed by atoms with Gasteiger partial charge in [0.2, 0.25) is 0 Å². The number of thioether (sulfide) groups is 1. The maximum Gasteiger partial charge on any atom is 0.126 e. The maximum absolute atomic E-state index is 5.67. The van der Waals surface area contributed by atoms with Gasteiger partial charge in [0, 0.05) is 22.5 Å². The van der Waals surface area contributed by atoms with Crippen LogP contribution in [0.4, 0.5) is 5.82 Å². The molecule has 1 aromatic rings. The second-order valence-electron chi connectivity index (χ2n) is 4.84. The summed E-state index contributed by atoms with van der Waals surface area (Å²) < 4.78 is 0.398. The fourth-order valence-corrected chi connectivity index (χ4v) is 3.21. The molecule has 0 aromatic carbocycles. The summed E-state index contributed by atoms with van der Waals surface area (Å²) in [6.45, 7) is 2.92. The number of aromatic nitrogens is 1. The summed E-state index contributed by atoms with van der Waals surface area (Å²) in [4.78, 5) is 4.90. The minimum absolute atomic E-state index is 0.398. The van der Waals surface area contributed by atoms with Crippen molar-refractivity contribution in [3.63, 3.8) is 0 Å². The predicted octanol–water partition coefficient (Wildman–Crippen LogP) is 2.72. The number of anilines is 1. The number of rotatable bonds is 5. The molecule has 0 atom stereocenters.